The molecule has 1 aromatic carbocycles. The molecule has 140 valence electrons. The number of imide groups is 1. The van der Waals surface area contributed by atoms with Gasteiger partial charge in [0.15, 0.2) is 0 Å². The molecular formula is C19H18Cl2N4O2. The van der Waals surface area contributed by atoms with Gasteiger partial charge in [-0.15, -0.1) is 0 Å². The van der Waals surface area contributed by atoms with Gasteiger partial charge in [0.25, 0.3) is 5.91 Å². The van der Waals surface area contributed by atoms with Gasteiger partial charge >= 0.3 is 0 Å². The number of halogens is 2. The number of rotatable bonds is 3. The molecule has 6 nitrogen and oxygen atoms in total. The van der Waals surface area contributed by atoms with Crippen LogP contribution >= 0.6 is 23.2 Å². The van der Waals surface area contributed by atoms with Gasteiger partial charge in [0.05, 0.1) is 28.2 Å². The molecule has 2 fully saturated rings. The van der Waals surface area contributed by atoms with Gasteiger partial charge in [-0.05, 0) is 30.3 Å². The summed E-state index contributed by atoms with van der Waals surface area (Å²) in [5, 5.41) is 0.712. The van der Waals surface area contributed by atoms with E-state index in [1.54, 1.807) is 24.4 Å². The lowest BCUT2D eigenvalue weighted by atomic mass is 10.1. The smallest absolute Gasteiger partial charge is 0.251 e. The lowest BCUT2D eigenvalue weighted by molar-refractivity contribution is -0.123. The number of piperazine rings is 1. The first kappa shape index (κ1) is 18.2. The number of anilines is 2. The molecule has 8 heteroatoms. The Labute approximate surface area is 167 Å². The van der Waals surface area contributed by atoms with Gasteiger partial charge in [-0.25, -0.2) is 9.88 Å². The van der Waals surface area contributed by atoms with Crippen molar-refractivity contribution in [1.29, 1.82) is 0 Å². The van der Waals surface area contributed by atoms with Crippen LogP contribution in [0.1, 0.15) is 6.42 Å². The van der Waals surface area contributed by atoms with E-state index in [-0.39, 0.29) is 18.2 Å². The normalized spacial score (nSPS) is 21.2. The number of aromatic nitrogens is 1. The Morgan fingerprint density at radius 3 is 2.41 bits per heavy atom. The van der Waals surface area contributed by atoms with Crippen LogP contribution in [-0.4, -0.2) is 53.9 Å². The summed E-state index contributed by atoms with van der Waals surface area (Å²) in [5.41, 5.74) is 0.467. The summed E-state index contributed by atoms with van der Waals surface area (Å²) in [6.45, 7) is 2.94. The standard InChI is InChI=1S/C19H18Cl2N4O2/c20-14-5-4-13(11-15(14)21)25-18(26)12-16(19(25)27)23-7-9-24(10-8-23)17-3-1-2-6-22-17/h1-6,11,16H,7-10,12H2/t16-/m0/s1. The fraction of sp³-hybridized carbons (Fsp3) is 0.316. The third-order valence-corrected chi connectivity index (χ3v) is 5.75. The van der Waals surface area contributed by atoms with E-state index in [2.05, 4.69) is 14.8 Å². The molecule has 0 N–H and O–H groups in total. The van der Waals surface area contributed by atoms with E-state index in [4.69, 9.17) is 23.2 Å². The zero-order valence-electron chi connectivity index (χ0n) is 14.5. The lowest BCUT2D eigenvalue weighted by Crippen LogP contribution is -2.52. The Morgan fingerprint density at radius 1 is 0.963 bits per heavy atom. The molecule has 3 heterocycles. The Bertz CT molecular complexity index is 869. The Morgan fingerprint density at radius 2 is 1.74 bits per heavy atom. The van der Waals surface area contributed by atoms with Crippen LogP contribution in [0.4, 0.5) is 11.5 Å². The van der Waals surface area contributed by atoms with E-state index >= 15 is 0 Å². The number of hydrogen-bond acceptors (Lipinski definition) is 5. The Balaban J connectivity index is 1.45. The molecule has 0 radical (unpaired) electrons. The van der Waals surface area contributed by atoms with Gasteiger partial charge in [-0.2, -0.15) is 0 Å². The monoisotopic (exact) mass is 404 g/mol. The fourth-order valence-electron chi connectivity index (χ4n) is 3.60. The maximum absolute atomic E-state index is 12.9. The minimum absolute atomic E-state index is 0.183. The van der Waals surface area contributed by atoms with Gasteiger partial charge < -0.3 is 4.90 Å². The SMILES string of the molecule is O=C1C[C@H](N2CCN(c3ccccn3)CC2)C(=O)N1c1ccc(Cl)c(Cl)c1. The van der Waals surface area contributed by atoms with Gasteiger partial charge in [0, 0.05) is 32.4 Å². The number of amides is 2. The molecule has 2 aliphatic rings. The average Bonchev–Trinajstić information content (AvgIpc) is 2.99. The minimum atomic E-state index is -0.433. The summed E-state index contributed by atoms with van der Waals surface area (Å²) in [5.74, 6) is 0.517. The van der Waals surface area contributed by atoms with Crippen LogP contribution < -0.4 is 9.80 Å². The summed E-state index contributed by atoms with van der Waals surface area (Å²) in [4.78, 5) is 35.3. The van der Waals surface area contributed by atoms with Gasteiger partial charge in [-0.3, -0.25) is 14.5 Å². The van der Waals surface area contributed by atoms with Crippen molar-refractivity contribution in [2.75, 3.05) is 36.0 Å². The molecule has 0 unspecified atom stereocenters. The highest BCUT2D eigenvalue weighted by atomic mass is 35.5. The first-order valence-corrected chi connectivity index (χ1v) is 9.52. The van der Waals surface area contributed by atoms with Crippen LogP contribution in [0.3, 0.4) is 0 Å². The third kappa shape index (κ3) is 3.52. The predicted octanol–water partition coefficient (Wildman–Crippen LogP) is 2.84. The fourth-order valence-corrected chi connectivity index (χ4v) is 3.89. The van der Waals surface area contributed by atoms with Crippen LogP contribution in [0, 0.1) is 0 Å². The second-order valence-electron chi connectivity index (χ2n) is 6.60. The van der Waals surface area contributed by atoms with Crippen molar-refractivity contribution in [2.24, 2.45) is 0 Å². The average molecular weight is 405 g/mol. The number of pyridine rings is 1. The Kier molecular flexibility index (Phi) is 5.04. The van der Waals surface area contributed by atoms with Crippen molar-refractivity contribution >= 4 is 46.5 Å². The predicted molar refractivity (Wildman–Crippen MR) is 105 cm³/mol. The molecule has 0 aliphatic carbocycles. The molecule has 0 saturated carbocycles. The molecule has 0 bridgehead atoms. The van der Waals surface area contributed by atoms with Crippen molar-refractivity contribution in [3.05, 3.63) is 52.6 Å². The van der Waals surface area contributed by atoms with Crippen molar-refractivity contribution in [3.63, 3.8) is 0 Å². The first-order chi connectivity index (χ1) is 13.0. The molecule has 0 spiro atoms. The van der Waals surface area contributed by atoms with Gasteiger partial charge in [0.1, 0.15) is 5.82 Å². The van der Waals surface area contributed by atoms with E-state index in [9.17, 15) is 9.59 Å². The molecular weight excluding hydrogens is 387 g/mol. The summed E-state index contributed by atoms with van der Waals surface area (Å²) < 4.78 is 0. The van der Waals surface area contributed by atoms with Crippen LogP contribution in [0.5, 0.6) is 0 Å². The molecule has 1 aromatic heterocycles. The second-order valence-corrected chi connectivity index (χ2v) is 7.41. The maximum Gasteiger partial charge on any atom is 0.251 e. The molecule has 1 atom stereocenters. The zero-order chi connectivity index (χ0) is 19.0. The van der Waals surface area contributed by atoms with Gasteiger partial charge in [-0.1, -0.05) is 29.3 Å². The van der Waals surface area contributed by atoms with Crippen LogP contribution in [0.15, 0.2) is 42.6 Å². The molecule has 2 amide bonds. The van der Waals surface area contributed by atoms with E-state index in [1.165, 1.54) is 4.90 Å². The quantitative estimate of drug-likeness (QED) is 0.736. The van der Waals surface area contributed by atoms with Gasteiger partial charge in [0.2, 0.25) is 5.91 Å². The molecule has 2 saturated heterocycles. The van der Waals surface area contributed by atoms with Crippen LogP contribution in [0.25, 0.3) is 0 Å². The number of carbonyl (C=O) groups excluding carboxylic acids is 2. The highest BCUT2D eigenvalue weighted by Gasteiger charge is 2.43. The summed E-state index contributed by atoms with van der Waals surface area (Å²) in [6.07, 6.45) is 1.96. The van der Waals surface area contributed by atoms with E-state index in [1.807, 2.05) is 18.2 Å². The zero-order valence-corrected chi connectivity index (χ0v) is 16.0. The number of nitrogens with zero attached hydrogens (tertiary/aromatic N) is 4. The highest BCUT2D eigenvalue weighted by Crippen LogP contribution is 2.31. The molecule has 2 aromatic rings. The molecule has 4 rings (SSSR count). The van der Waals surface area contributed by atoms with Crippen LogP contribution in [-0.2, 0) is 9.59 Å². The summed E-state index contributed by atoms with van der Waals surface area (Å²) >= 11 is 12.0. The third-order valence-electron chi connectivity index (χ3n) is 5.01. The Hall–Kier alpha value is -2.15. The van der Waals surface area contributed by atoms with E-state index < -0.39 is 6.04 Å². The molecule has 2 aliphatic heterocycles. The summed E-state index contributed by atoms with van der Waals surface area (Å²) in [6, 6.07) is 10.2. The first-order valence-electron chi connectivity index (χ1n) is 8.76. The van der Waals surface area contributed by atoms with Crippen molar-refractivity contribution < 1.29 is 9.59 Å². The molecule has 27 heavy (non-hydrogen) atoms. The van der Waals surface area contributed by atoms with E-state index in [0.29, 0.717) is 28.8 Å². The largest absolute Gasteiger partial charge is 0.354 e. The number of hydrogen-bond donors (Lipinski definition) is 0. The topological polar surface area (TPSA) is 56.8 Å². The lowest BCUT2D eigenvalue weighted by Gasteiger charge is -2.37. The van der Waals surface area contributed by atoms with Crippen molar-refractivity contribution in [1.82, 2.24) is 9.88 Å². The highest BCUT2D eigenvalue weighted by molar-refractivity contribution is 6.42. The van der Waals surface area contributed by atoms with Crippen LogP contribution in [0.2, 0.25) is 10.0 Å². The minimum Gasteiger partial charge on any atom is -0.354 e. The van der Waals surface area contributed by atoms with E-state index in [0.717, 1.165) is 18.9 Å². The maximum atomic E-state index is 12.9. The number of carbonyl (C=O) groups is 2. The summed E-state index contributed by atoms with van der Waals surface area (Å²) in [7, 11) is 0. The van der Waals surface area contributed by atoms with Crippen molar-refractivity contribution in [3.8, 4) is 0 Å². The second kappa shape index (κ2) is 7.46. The van der Waals surface area contributed by atoms with Crippen molar-refractivity contribution in [2.45, 2.75) is 12.5 Å². The number of benzene rings is 1.